The number of carboxylic acid groups (broad SMARTS) is 1. The molecule has 0 aromatic heterocycles. The fraction of sp³-hybridized carbons (Fsp3) is 0.500. The molecule has 0 aliphatic carbocycles. The minimum absolute atomic E-state index is 0.0419. The molecular weight excluding hydrogens is 268 g/mol. The van der Waals surface area contributed by atoms with E-state index in [2.05, 4.69) is 5.32 Å². The van der Waals surface area contributed by atoms with Gasteiger partial charge in [-0.05, 0) is 38.3 Å². The van der Waals surface area contributed by atoms with Crippen molar-refractivity contribution in [3.05, 3.63) is 35.4 Å². The maximum atomic E-state index is 12.2. The highest BCUT2D eigenvalue weighted by Crippen LogP contribution is 2.25. The Labute approximate surface area is 125 Å². The highest BCUT2D eigenvalue weighted by molar-refractivity contribution is 5.83. The van der Waals surface area contributed by atoms with Crippen LogP contribution in [0.4, 0.5) is 0 Å². The van der Waals surface area contributed by atoms with Gasteiger partial charge in [0.15, 0.2) is 0 Å². The van der Waals surface area contributed by atoms with Crippen molar-refractivity contribution in [1.82, 2.24) is 10.2 Å². The van der Waals surface area contributed by atoms with Gasteiger partial charge in [-0.3, -0.25) is 14.5 Å². The Balaban J connectivity index is 2.24. The van der Waals surface area contributed by atoms with Crippen molar-refractivity contribution >= 4 is 11.9 Å². The first-order valence-corrected chi connectivity index (χ1v) is 7.26. The third-order valence-corrected chi connectivity index (χ3v) is 3.88. The number of carbonyl (C=O) groups is 2. The molecule has 5 heteroatoms. The smallest absolute Gasteiger partial charge is 0.321 e. The van der Waals surface area contributed by atoms with Crippen LogP contribution in [0.25, 0.3) is 0 Å². The van der Waals surface area contributed by atoms with E-state index in [1.165, 1.54) is 0 Å². The van der Waals surface area contributed by atoms with E-state index in [0.29, 0.717) is 13.0 Å². The molecule has 1 aromatic carbocycles. The number of amides is 1. The second-order valence-electron chi connectivity index (χ2n) is 5.84. The van der Waals surface area contributed by atoms with Crippen LogP contribution in [0.1, 0.15) is 31.9 Å². The van der Waals surface area contributed by atoms with Crippen LogP contribution in [0, 0.1) is 0 Å². The number of carboxylic acids is 1. The Morgan fingerprint density at radius 1 is 1.24 bits per heavy atom. The predicted octanol–water partition coefficient (Wildman–Crippen LogP) is 1.41. The number of nitrogens with one attached hydrogen (secondary N) is 1. The molecule has 0 saturated heterocycles. The summed E-state index contributed by atoms with van der Waals surface area (Å²) >= 11 is 0. The topological polar surface area (TPSA) is 69.6 Å². The van der Waals surface area contributed by atoms with E-state index in [9.17, 15) is 14.7 Å². The van der Waals surface area contributed by atoms with Gasteiger partial charge < -0.3 is 10.4 Å². The van der Waals surface area contributed by atoms with Gasteiger partial charge in [0, 0.05) is 12.6 Å². The Hall–Kier alpha value is -1.88. The molecule has 114 valence electrons. The Kier molecular flexibility index (Phi) is 4.63. The zero-order valence-corrected chi connectivity index (χ0v) is 12.7. The summed E-state index contributed by atoms with van der Waals surface area (Å²) in [4.78, 5) is 25.5. The van der Waals surface area contributed by atoms with Gasteiger partial charge in [-0.15, -0.1) is 0 Å². The second-order valence-corrected chi connectivity index (χ2v) is 5.84. The van der Waals surface area contributed by atoms with Crippen molar-refractivity contribution in [1.29, 1.82) is 0 Å². The molecular formula is C16H22N2O3. The monoisotopic (exact) mass is 290 g/mol. The number of hydrogen-bond acceptors (Lipinski definition) is 3. The SMILES string of the molecule is CC(C)NC(=O)C(C)N1Cc2ccccc2C[C@H]1C(=O)O. The molecule has 1 heterocycles. The van der Waals surface area contributed by atoms with Crippen LogP contribution in [-0.4, -0.2) is 40.0 Å². The summed E-state index contributed by atoms with van der Waals surface area (Å²) < 4.78 is 0. The number of aliphatic carboxylic acids is 1. The lowest BCUT2D eigenvalue weighted by Gasteiger charge is -2.38. The maximum absolute atomic E-state index is 12.2. The van der Waals surface area contributed by atoms with Crippen LogP contribution in [0.3, 0.4) is 0 Å². The van der Waals surface area contributed by atoms with E-state index >= 15 is 0 Å². The molecule has 0 radical (unpaired) electrons. The van der Waals surface area contributed by atoms with Gasteiger partial charge in [-0.25, -0.2) is 0 Å². The molecule has 2 atom stereocenters. The van der Waals surface area contributed by atoms with Crippen molar-refractivity contribution in [2.24, 2.45) is 0 Å². The van der Waals surface area contributed by atoms with Gasteiger partial charge >= 0.3 is 5.97 Å². The molecule has 1 aliphatic heterocycles. The Morgan fingerprint density at radius 2 is 1.86 bits per heavy atom. The molecule has 1 aromatic rings. The van der Waals surface area contributed by atoms with Crippen molar-refractivity contribution in [3.63, 3.8) is 0 Å². The minimum atomic E-state index is -0.881. The fourth-order valence-electron chi connectivity index (χ4n) is 2.74. The number of nitrogens with zero attached hydrogens (tertiary/aromatic N) is 1. The lowest BCUT2D eigenvalue weighted by atomic mass is 9.92. The third kappa shape index (κ3) is 3.42. The molecule has 5 nitrogen and oxygen atoms in total. The fourth-order valence-corrected chi connectivity index (χ4v) is 2.74. The van der Waals surface area contributed by atoms with E-state index in [-0.39, 0.29) is 11.9 Å². The van der Waals surface area contributed by atoms with E-state index in [4.69, 9.17) is 0 Å². The minimum Gasteiger partial charge on any atom is -0.480 e. The van der Waals surface area contributed by atoms with Crippen LogP contribution in [0.15, 0.2) is 24.3 Å². The lowest BCUT2D eigenvalue weighted by molar-refractivity contribution is -0.146. The standard InChI is InChI=1S/C16H22N2O3/c1-10(2)17-15(19)11(3)18-9-13-7-5-4-6-12(13)8-14(18)16(20)21/h4-7,10-11,14H,8-9H2,1-3H3,(H,17,19)(H,20,21)/t11?,14-/m0/s1. The van der Waals surface area contributed by atoms with E-state index in [1.807, 2.05) is 38.1 Å². The van der Waals surface area contributed by atoms with Crippen LogP contribution in [-0.2, 0) is 22.6 Å². The van der Waals surface area contributed by atoms with Crippen LogP contribution in [0.5, 0.6) is 0 Å². The molecule has 1 amide bonds. The highest BCUT2D eigenvalue weighted by Gasteiger charge is 2.36. The maximum Gasteiger partial charge on any atom is 0.321 e. The van der Waals surface area contributed by atoms with Crippen LogP contribution < -0.4 is 5.32 Å². The molecule has 1 unspecified atom stereocenters. The summed E-state index contributed by atoms with van der Waals surface area (Å²) in [5.74, 6) is -1.01. The highest BCUT2D eigenvalue weighted by atomic mass is 16.4. The van der Waals surface area contributed by atoms with Gasteiger partial charge in [0.1, 0.15) is 6.04 Å². The van der Waals surface area contributed by atoms with E-state index < -0.39 is 18.1 Å². The third-order valence-electron chi connectivity index (χ3n) is 3.88. The quantitative estimate of drug-likeness (QED) is 0.879. The summed E-state index contributed by atoms with van der Waals surface area (Å²) in [6.07, 6.45) is 0.435. The summed E-state index contributed by atoms with van der Waals surface area (Å²) in [5, 5.41) is 12.3. The van der Waals surface area contributed by atoms with E-state index in [0.717, 1.165) is 11.1 Å². The number of hydrogen-bond donors (Lipinski definition) is 2. The van der Waals surface area contributed by atoms with Crippen LogP contribution >= 0.6 is 0 Å². The predicted molar refractivity (Wildman–Crippen MR) is 79.9 cm³/mol. The Morgan fingerprint density at radius 3 is 2.43 bits per heavy atom. The normalized spacial score (nSPS) is 19.9. The van der Waals surface area contributed by atoms with Gasteiger partial charge in [0.2, 0.25) is 5.91 Å². The first-order valence-electron chi connectivity index (χ1n) is 7.26. The first kappa shape index (κ1) is 15.5. The molecule has 0 saturated carbocycles. The van der Waals surface area contributed by atoms with Crippen LogP contribution in [0.2, 0.25) is 0 Å². The summed E-state index contributed by atoms with van der Waals surface area (Å²) in [6, 6.07) is 6.73. The number of rotatable bonds is 4. The largest absolute Gasteiger partial charge is 0.480 e. The molecule has 2 rings (SSSR count). The van der Waals surface area contributed by atoms with Gasteiger partial charge in [-0.2, -0.15) is 0 Å². The summed E-state index contributed by atoms with van der Waals surface area (Å²) in [7, 11) is 0. The molecule has 0 fully saturated rings. The van der Waals surface area contributed by atoms with Gasteiger partial charge in [0.25, 0.3) is 0 Å². The van der Waals surface area contributed by atoms with E-state index in [1.54, 1.807) is 11.8 Å². The molecule has 0 spiro atoms. The molecule has 0 bridgehead atoms. The zero-order valence-electron chi connectivity index (χ0n) is 12.7. The zero-order chi connectivity index (χ0) is 15.6. The molecule has 1 aliphatic rings. The number of benzene rings is 1. The first-order chi connectivity index (χ1) is 9.90. The summed E-state index contributed by atoms with van der Waals surface area (Å²) in [5.41, 5.74) is 2.15. The van der Waals surface area contributed by atoms with Crippen molar-refractivity contribution < 1.29 is 14.7 Å². The van der Waals surface area contributed by atoms with Gasteiger partial charge in [-0.1, -0.05) is 24.3 Å². The van der Waals surface area contributed by atoms with Crippen molar-refractivity contribution in [2.45, 2.75) is 51.9 Å². The van der Waals surface area contributed by atoms with Crippen molar-refractivity contribution in [3.8, 4) is 0 Å². The lowest BCUT2D eigenvalue weighted by Crippen LogP contribution is -2.55. The Bertz CT molecular complexity index is 542. The average Bonchev–Trinajstić information content (AvgIpc) is 2.44. The number of carbonyl (C=O) groups excluding carboxylic acids is 1. The molecule has 2 N–H and O–H groups in total. The van der Waals surface area contributed by atoms with Crippen molar-refractivity contribution in [2.75, 3.05) is 0 Å². The molecule has 21 heavy (non-hydrogen) atoms. The van der Waals surface area contributed by atoms with Gasteiger partial charge in [0.05, 0.1) is 6.04 Å². The second kappa shape index (κ2) is 6.26. The average molecular weight is 290 g/mol. The summed E-state index contributed by atoms with van der Waals surface area (Å²) in [6.45, 7) is 6.04. The number of fused-ring (bicyclic) bond motifs is 1.